The molecule has 0 saturated heterocycles. The Bertz CT molecular complexity index is 751. The van der Waals surface area contributed by atoms with E-state index in [1.54, 1.807) is 0 Å². The first-order valence-electron chi connectivity index (χ1n) is 5.97. The standard InChI is InChI=1S/C13H11FN4O4/c1-22-11-4-7(2-3-10(11)14)17-13-9(12(15)19)5-8(6-16-13)18(20)21/h2-6H,1H3,(H2,15,19)(H,16,17). The maximum absolute atomic E-state index is 13.3. The summed E-state index contributed by atoms with van der Waals surface area (Å²) in [6.07, 6.45) is 0.982. The van der Waals surface area contributed by atoms with E-state index < -0.39 is 16.6 Å². The molecule has 3 N–H and O–H groups in total. The van der Waals surface area contributed by atoms with Gasteiger partial charge in [-0.05, 0) is 12.1 Å². The van der Waals surface area contributed by atoms with Crippen LogP contribution in [-0.4, -0.2) is 22.9 Å². The van der Waals surface area contributed by atoms with Gasteiger partial charge in [-0.25, -0.2) is 9.37 Å². The first-order valence-corrected chi connectivity index (χ1v) is 5.97. The SMILES string of the molecule is COc1cc(Nc2ncc([N+](=O)[O-])cc2C(N)=O)ccc1F. The predicted molar refractivity (Wildman–Crippen MR) is 75.6 cm³/mol. The normalized spacial score (nSPS) is 10.1. The Labute approximate surface area is 123 Å². The molecule has 1 aromatic heterocycles. The Hall–Kier alpha value is -3.23. The third-order valence-electron chi connectivity index (χ3n) is 2.76. The van der Waals surface area contributed by atoms with Crippen molar-refractivity contribution < 1.29 is 18.8 Å². The number of hydrogen-bond acceptors (Lipinski definition) is 6. The molecule has 2 rings (SSSR count). The van der Waals surface area contributed by atoms with Crippen molar-refractivity contribution in [1.82, 2.24) is 4.98 Å². The monoisotopic (exact) mass is 306 g/mol. The van der Waals surface area contributed by atoms with Gasteiger partial charge in [0.25, 0.3) is 11.6 Å². The molecule has 0 bridgehead atoms. The number of primary amides is 1. The average molecular weight is 306 g/mol. The zero-order valence-electron chi connectivity index (χ0n) is 11.4. The number of nitrogens with zero attached hydrogens (tertiary/aromatic N) is 2. The number of carbonyl (C=O) groups is 1. The Morgan fingerprint density at radius 2 is 2.18 bits per heavy atom. The minimum atomic E-state index is -0.882. The molecule has 1 heterocycles. The van der Waals surface area contributed by atoms with Crippen molar-refractivity contribution in [3.05, 3.63) is 52.0 Å². The van der Waals surface area contributed by atoms with E-state index in [0.717, 1.165) is 18.3 Å². The summed E-state index contributed by atoms with van der Waals surface area (Å²) in [5, 5.41) is 13.4. The average Bonchev–Trinajstić information content (AvgIpc) is 2.49. The van der Waals surface area contributed by atoms with Crippen molar-refractivity contribution in [2.45, 2.75) is 0 Å². The number of carbonyl (C=O) groups excluding carboxylic acids is 1. The zero-order chi connectivity index (χ0) is 16.3. The predicted octanol–water partition coefficient (Wildman–Crippen LogP) is 1.98. The van der Waals surface area contributed by atoms with E-state index >= 15 is 0 Å². The molecule has 8 nitrogen and oxygen atoms in total. The number of nitrogens with one attached hydrogen (secondary N) is 1. The number of halogens is 1. The fraction of sp³-hybridized carbons (Fsp3) is 0.0769. The van der Waals surface area contributed by atoms with Crippen molar-refractivity contribution in [1.29, 1.82) is 0 Å². The lowest BCUT2D eigenvalue weighted by Gasteiger charge is -2.10. The number of ether oxygens (including phenoxy) is 1. The Morgan fingerprint density at radius 1 is 1.45 bits per heavy atom. The molecule has 1 aromatic carbocycles. The van der Waals surface area contributed by atoms with E-state index in [2.05, 4.69) is 10.3 Å². The summed E-state index contributed by atoms with van der Waals surface area (Å²) in [7, 11) is 1.31. The van der Waals surface area contributed by atoms with E-state index in [0.29, 0.717) is 5.69 Å². The number of methoxy groups -OCH3 is 1. The van der Waals surface area contributed by atoms with E-state index in [4.69, 9.17) is 10.5 Å². The number of rotatable bonds is 5. The van der Waals surface area contributed by atoms with E-state index in [-0.39, 0.29) is 22.8 Å². The molecule has 114 valence electrons. The molecule has 0 atom stereocenters. The van der Waals surface area contributed by atoms with Crippen molar-refractivity contribution in [3.8, 4) is 5.75 Å². The third-order valence-corrected chi connectivity index (χ3v) is 2.76. The third kappa shape index (κ3) is 3.08. The summed E-state index contributed by atoms with van der Waals surface area (Å²) < 4.78 is 18.2. The van der Waals surface area contributed by atoms with Gasteiger partial charge in [-0.1, -0.05) is 0 Å². The van der Waals surface area contributed by atoms with Crippen molar-refractivity contribution in [2.75, 3.05) is 12.4 Å². The first kappa shape index (κ1) is 15.2. The number of nitro groups is 1. The van der Waals surface area contributed by atoms with Gasteiger partial charge in [0.2, 0.25) is 0 Å². The van der Waals surface area contributed by atoms with Crippen LogP contribution in [0.25, 0.3) is 0 Å². The molecular formula is C13H11FN4O4. The van der Waals surface area contributed by atoms with Gasteiger partial charge in [-0.3, -0.25) is 14.9 Å². The molecular weight excluding hydrogens is 295 g/mol. The smallest absolute Gasteiger partial charge is 0.288 e. The molecule has 0 unspecified atom stereocenters. The number of anilines is 2. The van der Waals surface area contributed by atoms with Crippen LogP contribution in [0.2, 0.25) is 0 Å². The van der Waals surface area contributed by atoms with Crippen LogP contribution in [0.4, 0.5) is 21.6 Å². The van der Waals surface area contributed by atoms with Crippen LogP contribution in [0.5, 0.6) is 5.75 Å². The maximum Gasteiger partial charge on any atom is 0.288 e. The first-order chi connectivity index (χ1) is 10.4. The van der Waals surface area contributed by atoms with Gasteiger partial charge in [-0.15, -0.1) is 0 Å². The fourth-order valence-corrected chi connectivity index (χ4v) is 1.72. The van der Waals surface area contributed by atoms with Gasteiger partial charge in [0.15, 0.2) is 11.6 Å². The molecule has 1 amide bonds. The molecule has 2 aromatic rings. The summed E-state index contributed by atoms with van der Waals surface area (Å²) in [5.74, 6) is -1.42. The van der Waals surface area contributed by atoms with E-state index in [1.807, 2.05) is 0 Å². The van der Waals surface area contributed by atoms with Gasteiger partial charge >= 0.3 is 0 Å². The van der Waals surface area contributed by atoms with E-state index in [9.17, 15) is 19.3 Å². The maximum atomic E-state index is 13.3. The van der Waals surface area contributed by atoms with Gasteiger partial charge < -0.3 is 15.8 Å². The Kier molecular flexibility index (Phi) is 4.16. The largest absolute Gasteiger partial charge is 0.494 e. The Morgan fingerprint density at radius 3 is 2.77 bits per heavy atom. The van der Waals surface area contributed by atoms with Gasteiger partial charge in [0, 0.05) is 17.8 Å². The molecule has 0 radical (unpaired) electrons. The second-order valence-electron chi connectivity index (χ2n) is 4.19. The van der Waals surface area contributed by atoms with Crippen LogP contribution in [0, 0.1) is 15.9 Å². The summed E-state index contributed by atoms with van der Waals surface area (Å²) in [5.41, 5.74) is 5.05. The van der Waals surface area contributed by atoms with Crippen LogP contribution in [0.1, 0.15) is 10.4 Å². The highest BCUT2D eigenvalue weighted by Gasteiger charge is 2.16. The summed E-state index contributed by atoms with van der Waals surface area (Å²) in [6.45, 7) is 0. The van der Waals surface area contributed by atoms with Crippen molar-refractivity contribution in [2.24, 2.45) is 5.73 Å². The summed E-state index contributed by atoms with van der Waals surface area (Å²) in [4.78, 5) is 25.2. The quantitative estimate of drug-likeness (QED) is 0.643. The van der Waals surface area contributed by atoms with Crippen molar-refractivity contribution >= 4 is 23.1 Å². The number of amides is 1. The van der Waals surface area contributed by atoms with Crippen LogP contribution in [0.15, 0.2) is 30.5 Å². The molecule has 0 aliphatic carbocycles. The molecule has 22 heavy (non-hydrogen) atoms. The number of pyridine rings is 1. The molecule has 9 heteroatoms. The molecule has 0 fully saturated rings. The minimum Gasteiger partial charge on any atom is -0.494 e. The molecule has 0 aliphatic rings. The lowest BCUT2D eigenvalue weighted by atomic mass is 10.2. The highest BCUT2D eigenvalue weighted by Crippen LogP contribution is 2.26. The highest BCUT2D eigenvalue weighted by molar-refractivity contribution is 5.98. The lowest BCUT2D eigenvalue weighted by Crippen LogP contribution is -2.14. The van der Waals surface area contributed by atoms with Crippen LogP contribution < -0.4 is 15.8 Å². The van der Waals surface area contributed by atoms with Crippen molar-refractivity contribution in [3.63, 3.8) is 0 Å². The molecule has 0 saturated carbocycles. The minimum absolute atomic E-state index is 0.00691. The van der Waals surface area contributed by atoms with Gasteiger partial charge in [0.05, 0.1) is 17.6 Å². The number of aromatic nitrogens is 1. The van der Waals surface area contributed by atoms with Crippen LogP contribution in [0.3, 0.4) is 0 Å². The lowest BCUT2D eigenvalue weighted by molar-refractivity contribution is -0.385. The van der Waals surface area contributed by atoms with Crippen LogP contribution >= 0.6 is 0 Å². The second kappa shape index (κ2) is 6.04. The van der Waals surface area contributed by atoms with E-state index in [1.165, 1.54) is 19.2 Å². The van der Waals surface area contributed by atoms with Crippen LogP contribution in [-0.2, 0) is 0 Å². The van der Waals surface area contributed by atoms with Gasteiger partial charge in [-0.2, -0.15) is 0 Å². The second-order valence-corrected chi connectivity index (χ2v) is 4.19. The summed E-state index contributed by atoms with van der Waals surface area (Å²) in [6, 6.07) is 4.92. The molecule has 0 aliphatic heterocycles. The highest BCUT2D eigenvalue weighted by atomic mass is 19.1. The number of nitrogens with two attached hydrogens (primary N) is 1. The molecule has 0 spiro atoms. The Balaban J connectivity index is 2.40. The topological polar surface area (TPSA) is 120 Å². The van der Waals surface area contributed by atoms with Gasteiger partial charge in [0.1, 0.15) is 12.0 Å². The number of benzene rings is 1. The number of hydrogen-bond donors (Lipinski definition) is 2. The zero-order valence-corrected chi connectivity index (χ0v) is 11.4. The summed E-state index contributed by atoms with van der Waals surface area (Å²) >= 11 is 0. The fourth-order valence-electron chi connectivity index (χ4n) is 1.72.